The molecule has 0 aliphatic carbocycles. The number of pyridine rings is 1. The van der Waals surface area contributed by atoms with E-state index in [2.05, 4.69) is 21.5 Å². The molecule has 1 amide bonds. The lowest BCUT2D eigenvalue weighted by Crippen LogP contribution is -2.35. The van der Waals surface area contributed by atoms with Crippen molar-refractivity contribution in [2.75, 3.05) is 13.2 Å². The van der Waals surface area contributed by atoms with Gasteiger partial charge < -0.3 is 10.1 Å². The minimum atomic E-state index is -0.246. The zero-order chi connectivity index (χ0) is 21.6. The summed E-state index contributed by atoms with van der Waals surface area (Å²) in [5, 5.41) is 14.4. The highest BCUT2D eigenvalue weighted by Crippen LogP contribution is 2.18. The number of nitriles is 1. The lowest BCUT2D eigenvalue weighted by Gasteiger charge is -2.22. The van der Waals surface area contributed by atoms with Crippen molar-refractivity contribution in [3.05, 3.63) is 70.3 Å². The van der Waals surface area contributed by atoms with Crippen LogP contribution in [0.1, 0.15) is 35.2 Å². The summed E-state index contributed by atoms with van der Waals surface area (Å²) in [5.74, 6) is 0.295. The molecule has 0 bridgehead atoms. The molecule has 4 rings (SSSR count). The van der Waals surface area contributed by atoms with Gasteiger partial charge in [-0.15, -0.1) is 0 Å². The normalized spacial score (nSPS) is 15.9. The summed E-state index contributed by atoms with van der Waals surface area (Å²) >= 11 is 0. The Balaban J connectivity index is 1.44. The van der Waals surface area contributed by atoms with Gasteiger partial charge in [0, 0.05) is 25.5 Å². The summed E-state index contributed by atoms with van der Waals surface area (Å²) in [4.78, 5) is 29.1. The van der Waals surface area contributed by atoms with Crippen LogP contribution in [0, 0.1) is 11.3 Å². The first-order valence-corrected chi connectivity index (χ1v) is 10.3. The Morgan fingerprint density at radius 1 is 1.26 bits per heavy atom. The van der Waals surface area contributed by atoms with Gasteiger partial charge in [0.1, 0.15) is 0 Å². The maximum absolute atomic E-state index is 12.4. The molecule has 0 spiro atoms. The van der Waals surface area contributed by atoms with Crippen LogP contribution >= 0.6 is 0 Å². The lowest BCUT2D eigenvalue weighted by atomic mass is 10.1. The van der Waals surface area contributed by atoms with E-state index in [0.717, 1.165) is 37.0 Å². The van der Waals surface area contributed by atoms with Crippen molar-refractivity contribution in [2.45, 2.75) is 31.8 Å². The second kappa shape index (κ2) is 9.41. The van der Waals surface area contributed by atoms with Crippen LogP contribution in [0.3, 0.4) is 0 Å². The number of hydrogen-bond acceptors (Lipinski definition) is 5. The van der Waals surface area contributed by atoms with Crippen molar-refractivity contribution >= 4 is 5.91 Å². The predicted molar refractivity (Wildman–Crippen MR) is 115 cm³/mol. The number of amides is 1. The van der Waals surface area contributed by atoms with Crippen LogP contribution in [0.4, 0.5) is 0 Å². The first kappa shape index (κ1) is 20.6. The molecule has 0 radical (unpaired) electrons. The summed E-state index contributed by atoms with van der Waals surface area (Å²) in [5.41, 5.74) is 2.35. The average molecular weight is 417 g/mol. The van der Waals surface area contributed by atoms with E-state index in [0.29, 0.717) is 29.9 Å². The molecule has 8 heteroatoms. The molecule has 1 aliphatic heterocycles. The van der Waals surface area contributed by atoms with Crippen molar-refractivity contribution in [3.63, 3.8) is 0 Å². The number of hydrogen-bond donors (Lipinski definition) is 2. The van der Waals surface area contributed by atoms with E-state index in [4.69, 9.17) is 10.00 Å². The minimum Gasteiger partial charge on any atom is -0.376 e. The summed E-state index contributed by atoms with van der Waals surface area (Å²) in [6, 6.07) is 12.8. The monoisotopic (exact) mass is 417 g/mol. The third kappa shape index (κ3) is 4.90. The Hall–Kier alpha value is -3.70. The number of ether oxygens (including phenoxy) is 1. The van der Waals surface area contributed by atoms with Gasteiger partial charge in [0.15, 0.2) is 5.82 Å². The van der Waals surface area contributed by atoms with E-state index in [9.17, 15) is 9.59 Å². The molecule has 0 saturated carbocycles. The zero-order valence-electron chi connectivity index (χ0n) is 17.0. The van der Waals surface area contributed by atoms with E-state index in [1.54, 1.807) is 18.3 Å². The first-order chi connectivity index (χ1) is 15.1. The molecule has 3 heterocycles. The SMILES string of the molecule is N#CCc1ccc(-c2cn(-c3ccc(C(=O)NCC4CCCCO4)cn3)[nH]c2=O)cc1. The first-order valence-electron chi connectivity index (χ1n) is 10.3. The molecule has 1 atom stereocenters. The fraction of sp³-hybridized carbons (Fsp3) is 0.304. The van der Waals surface area contributed by atoms with Crippen molar-refractivity contribution in [1.29, 1.82) is 5.26 Å². The van der Waals surface area contributed by atoms with Crippen LogP contribution < -0.4 is 10.9 Å². The number of benzene rings is 1. The topological polar surface area (TPSA) is 113 Å². The van der Waals surface area contributed by atoms with Gasteiger partial charge in [0.25, 0.3) is 11.5 Å². The maximum Gasteiger partial charge on any atom is 0.272 e. The molecular weight excluding hydrogens is 394 g/mol. The predicted octanol–water partition coefficient (Wildman–Crippen LogP) is 2.59. The van der Waals surface area contributed by atoms with E-state index >= 15 is 0 Å². The van der Waals surface area contributed by atoms with Gasteiger partial charge in [-0.1, -0.05) is 24.3 Å². The van der Waals surface area contributed by atoms with E-state index in [-0.39, 0.29) is 17.6 Å². The largest absolute Gasteiger partial charge is 0.376 e. The molecular formula is C23H23N5O3. The standard InChI is InChI=1S/C23H23N5O3/c24-11-10-16-4-6-17(7-5-16)20-15-28(27-23(20)30)21-9-8-18(13-25-21)22(29)26-14-19-3-1-2-12-31-19/h4-9,13,15,19H,1-3,10,12,14H2,(H,26,29)(H,27,30). The number of carbonyl (C=O) groups excluding carboxylic acids is 1. The molecule has 1 unspecified atom stereocenters. The van der Waals surface area contributed by atoms with Crippen LogP contribution in [0.2, 0.25) is 0 Å². The smallest absolute Gasteiger partial charge is 0.272 e. The van der Waals surface area contributed by atoms with Crippen molar-refractivity contribution in [3.8, 4) is 23.0 Å². The molecule has 1 aromatic carbocycles. The number of nitrogens with one attached hydrogen (secondary N) is 2. The second-order valence-electron chi connectivity index (χ2n) is 7.49. The van der Waals surface area contributed by atoms with Gasteiger partial charge in [-0.2, -0.15) is 5.26 Å². The minimum absolute atomic E-state index is 0.0715. The quantitative estimate of drug-likeness (QED) is 0.640. The molecule has 2 N–H and O–H groups in total. The van der Waals surface area contributed by atoms with Gasteiger partial charge in [0.05, 0.1) is 29.7 Å². The van der Waals surface area contributed by atoms with E-state index in [1.165, 1.54) is 10.9 Å². The fourth-order valence-electron chi connectivity index (χ4n) is 3.55. The van der Waals surface area contributed by atoms with Crippen LogP contribution in [0.5, 0.6) is 0 Å². The third-order valence-electron chi connectivity index (χ3n) is 5.29. The summed E-state index contributed by atoms with van der Waals surface area (Å²) in [6.45, 7) is 1.24. The van der Waals surface area contributed by atoms with Gasteiger partial charge >= 0.3 is 0 Å². The van der Waals surface area contributed by atoms with Crippen LogP contribution in [0.15, 0.2) is 53.6 Å². The zero-order valence-corrected chi connectivity index (χ0v) is 17.0. The number of carbonyl (C=O) groups is 1. The van der Waals surface area contributed by atoms with Gasteiger partial charge in [-0.25, -0.2) is 9.67 Å². The Kier molecular flexibility index (Phi) is 6.24. The van der Waals surface area contributed by atoms with Crippen LogP contribution in [-0.2, 0) is 11.2 Å². The van der Waals surface area contributed by atoms with Crippen molar-refractivity contribution in [2.24, 2.45) is 0 Å². The Labute approximate surface area is 179 Å². The highest BCUT2D eigenvalue weighted by Gasteiger charge is 2.16. The Bertz CT molecular complexity index is 1130. The molecule has 1 saturated heterocycles. The van der Waals surface area contributed by atoms with Gasteiger partial charge in [0.2, 0.25) is 0 Å². The number of nitrogens with zero attached hydrogens (tertiary/aromatic N) is 3. The molecule has 1 fully saturated rings. The Morgan fingerprint density at radius 2 is 2.10 bits per heavy atom. The Morgan fingerprint density at radius 3 is 2.77 bits per heavy atom. The summed E-state index contributed by atoms with van der Waals surface area (Å²) in [7, 11) is 0. The number of aromatic amines is 1. The maximum atomic E-state index is 12.4. The highest BCUT2D eigenvalue weighted by atomic mass is 16.5. The van der Waals surface area contributed by atoms with Crippen LogP contribution in [-0.4, -0.2) is 39.9 Å². The van der Waals surface area contributed by atoms with E-state index < -0.39 is 0 Å². The fourth-order valence-corrected chi connectivity index (χ4v) is 3.55. The second-order valence-corrected chi connectivity index (χ2v) is 7.49. The molecule has 8 nitrogen and oxygen atoms in total. The number of rotatable bonds is 6. The molecule has 1 aliphatic rings. The average Bonchev–Trinajstić information content (AvgIpc) is 3.20. The number of aromatic nitrogens is 3. The molecule has 2 aromatic heterocycles. The molecule has 31 heavy (non-hydrogen) atoms. The molecule has 158 valence electrons. The lowest BCUT2D eigenvalue weighted by molar-refractivity contribution is 0.0169. The van der Waals surface area contributed by atoms with E-state index in [1.807, 2.05) is 24.3 Å². The molecule has 3 aromatic rings. The summed E-state index contributed by atoms with van der Waals surface area (Å²) in [6.07, 6.45) is 6.72. The highest BCUT2D eigenvalue weighted by molar-refractivity contribution is 5.93. The number of H-pyrrole nitrogens is 1. The summed E-state index contributed by atoms with van der Waals surface area (Å²) < 4.78 is 7.15. The van der Waals surface area contributed by atoms with Gasteiger partial charge in [-0.3, -0.25) is 14.7 Å². The third-order valence-corrected chi connectivity index (χ3v) is 5.29. The van der Waals surface area contributed by atoms with Crippen molar-refractivity contribution in [1.82, 2.24) is 20.1 Å². The van der Waals surface area contributed by atoms with Crippen LogP contribution in [0.25, 0.3) is 16.9 Å². The van der Waals surface area contributed by atoms with Gasteiger partial charge in [-0.05, 0) is 42.5 Å². The van der Waals surface area contributed by atoms with Crippen molar-refractivity contribution < 1.29 is 9.53 Å².